The summed E-state index contributed by atoms with van der Waals surface area (Å²) in [6.45, 7) is 3.61. The normalized spacial score (nSPS) is 15.8. The van der Waals surface area contributed by atoms with Crippen LogP contribution in [0.2, 0.25) is 0 Å². The molecule has 6 heteroatoms. The minimum atomic E-state index is 0.0700. The zero-order chi connectivity index (χ0) is 17.6. The molecule has 1 heterocycles. The van der Waals surface area contributed by atoms with E-state index < -0.39 is 0 Å². The van der Waals surface area contributed by atoms with Gasteiger partial charge in [0.25, 0.3) is 0 Å². The molecular formula is C19H27N3O2S. The SMILES string of the molecule is CCN(C(=O)CN(CCO)C1CCCCC1)c1nc2ccccc2s1. The lowest BCUT2D eigenvalue weighted by Gasteiger charge is -2.34. The molecule has 3 rings (SSSR count). The van der Waals surface area contributed by atoms with Crippen molar-refractivity contribution in [2.45, 2.75) is 45.1 Å². The number of rotatable bonds is 7. The Kier molecular flexibility index (Phi) is 6.39. The van der Waals surface area contributed by atoms with Gasteiger partial charge in [-0.3, -0.25) is 14.6 Å². The Bertz CT molecular complexity index is 664. The standard InChI is InChI=1S/C19H27N3O2S/c1-2-22(19-20-16-10-6-7-11-17(16)25-19)18(24)14-21(12-13-23)15-8-4-3-5-9-15/h6-7,10-11,15,23H,2-5,8-9,12-14H2,1H3. The van der Waals surface area contributed by atoms with Gasteiger partial charge in [0.15, 0.2) is 5.13 Å². The Morgan fingerprint density at radius 1 is 1.28 bits per heavy atom. The molecule has 0 aliphatic heterocycles. The number of para-hydroxylation sites is 1. The first kappa shape index (κ1) is 18.3. The Labute approximate surface area is 153 Å². The maximum atomic E-state index is 12.9. The summed E-state index contributed by atoms with van der Waals surface area (Å²) in [6, 6.07) is 8.39. The lowest BCUT2D eigenvalue weighted by molar-refractivity contribution is -0.120. The fraction of sp³-hybridized carbons (Fsp3) is 0.579. The van der Waals surface area contributed by atoms with Crippen molar-refractivity contribution in [2.75, 3.05) is 31.1 Å². The summed E-state index contributed by atoms with van der Waals surface area (Å²) in [4.78, 5) is 21.5. The Hall–Kier alpha value is -1.50. The predicted octanol–water partition coefficient (Wildman–Crippen LogP) is 3.28. The molecule has 0 atom stereocenters. The molecular weight excluding hydrogens is 334 g/mol. The van der Waals surface area contributed by atoms with Crippen LogP contribution >= 0.6 is 11.3 Å². The van der Waals surface area contributed by atoms with Crippen molar-refractivity contribution in [3.05, 3.63) is 24.3 Å². The highest BCUT2D eigenvalue weighted by molar-refractivity contribution is 7.22. The van der Waals surface area contributed by atoms with Crippen LogP contribution in [0.15, 0.2) is 24.3 Å². The van der Waals surface area contributed by atoms with Crippen molar-refractivity contribution < 1.29 is 9.90 Å². The fourth-order valence-corrected chi connectivity index (χ4v) is 4.66. The molecule has 1 fully saturated rings. The molecule has 25 heavy (non-hydrogen) atoms. The van der Waals surface area contributed by atoms with Crippen molar-refractivity contribution in [1.82, 2.24) is 9.88 Å². The lowest BCUT2D eigenvalue weighted by Crippen LogP contribution is -2.46. The Morgan fingerprint density at radius 3 is 2.72 bits per heavy atom. The molecule has 1 N–H and O–H groups in total. The fourth-order valence-electron chi connectivity index (χ4n) is 3.62. The van der Waals surface area contributed by atoms with Gasteiger partial charge in [-0.1, -0.05) is 42.7 Å². The first-order chi connectivity index (χ1) is 12.2. The van der Waals surface area contributed by atoms with E-state index in [9.17, 15) is 9.90 Å². The maximum absolute atomic E-state index is 12.9. The number of carbonyl (C=O) groups excluding carboxylic acids is 1. The molecule has 1 amide bonds. The van der Waals surface area contributed by atoms with Crippen LogP contribution in [0, 0.1) is 0 Å². The van der Waals surface area contributed by atoms with Crippen molar-refractivity contribution in [3.8, 4) is 0 Å². The highest BCUT2D eigenvalue weighted by Crippen LogP contribution is 2.29. The predicted molar refractivity (Wildman–Crippen MR) is 103 cm³/mol. The monoisotopic (exact) mass is 361 g/mol. The van der Waals surface area contributed by atoms with E-state index in [0.717, 1.165) is 28.2 Å². The van der Waals surface area contributed by atoms with Gasteiger partial charge in [-0.25, -0.2) is 4.98 Å². The van der Waals surface area contributed by atoms with Crippen molar-refractivity contribution in [2.24, 2.45) is 0 Å². The Morgan fingerprint density at radius 2 is 2.04 bits per heavy atom. The number of carbonyl (C=O) groups is 1. The van der Waals surface area contributed by atoms with E-state index in [4.69, 9.17) is 0 Å². The van der Waals surface area contributed by atoms with Gasteiger partial charge in [-0.05, 0) is 31.9 Å². The maximum Gasteiger partial charge on any atom is 0.242 e. The van der Waals surface area contributed by atoms with Crippen LogP contribution in [-0.2, 0) is 4.79 Å². The molecule has 0 unspecified atom stereocenters. The number of anilines is 1. The largest absolute Gasteiger partial charge is 0.395 e. The second kappa shape index (κ2) is 8.74. The third kappa shape index (κ3) is 4.37. The molecule has 1 aliphatic carbocycles. The van der Waals surface area contributed by atoms with Crippen LogP contribution in [0.3, 0.4) is 0 Å². The van der Waals surface area contributed by atoms with Gasteiger partial charge in [0.2, 0.25) is 5.91 Å². The van der Waals surface area contributed by atoms with Gasteiger partial charge in [0, 0.05) is 19.1 Å². The zero-order valence-electron chi connectivity index (χ0n) is 14.9. The molecule has 5 nitrogen and oxygen atoms in total. The first-order valence-electron chi connectivity index (χ1n) is 9.23. The molecule has 1 aliphatic rings. The molecule has 0 radical (unpaired) electrons. The van der Waals surface area contributed by atoms with E-state index in [2.05, 4.69) is 9.88 Å². The third-order valence-corrected chi connectivity index (χ3v) is 6.01. The molecule has 136 valence electrons. The number of nitrogens with zero attached hydrogens (tertiary/aromatic N) is 3. The molecule has 1 saturated carbocycles. The Balaban J connectivity index is 1.73. The van der Waals surface area contributed by atoms with Crippen molar-refractivity contribution in [3.63, 3.8) is 0 Å². The first-order valence-corrected chi connectivity index (χ1v) is 10.1. The minimum Gasteiger partial charge on any atom is -0.395 e. The van der Waals surface area contributed by atoms with Crippen LogP contribution in [0.5, 0.6) is 0 Å². The minimum absolute atomic E-state index is 0.0700. The van der Waals surface area contributed by atoms with Gasteiger partial charge in [0.1, 0.15) is 0 Å². The second-order valence-electron chi connectivity index (χ2n) is 6.59. The van der Waals surface area contributed by atoms with E-state index >= 15 is 0 Å². The molecule has 2 aromatic rings. The second-order valence-corrected chi connectivity index (χ2v) is 7.60. The number of hydrogen-bond acceptors (Lipinski definition) is 5. The van der Waals surface area contributed by atoms with Crippen LogP contribution in [0.25, 0.3) is 10.2 Å². The van der Waals surface area contributed by atoms with Gasteiger partial charge >= 0.3 is 0 Å². The highest BCUT2D eigenvalue weighted by atomic mass is 32.1. The van der Waals surface area contributed by atoms with Crippen LogP contribution in [0.1, 0.15) is 39.0 Å². The average Bonchev–Trinajstić information content (AvgIpc) is 3.06. The smallest absolute Gasteiger partial charge is 0.242 e. The van der Waals surface area contributed by atoms with E-state index in [-0.39, 0.29) is 12.5 Å². The number of benzene rings is 1. The summed E-state index contributed by atoms with van der Waals surface area (Å²) in [5.41, 5.74) is 0.938. The molecule has 0 spiro atoms. The number of hydrogen-bond donors (Lipinski definition) is 1. The van der Waals surface area contributed by atoms with E-state index in [1.54, 1.807) is 16.2 Å². The summed E-state index contributed by atoms with van der Waals surface area (Å²) < 4.78 is 1.10. The molecule has 0 saturated heterocycles. The molecule has 1 aromatic heterocycles. The molecule has 0 bridgehead atoms. The summed E-state index contributed by atoms with van der Waals surface area (Å²) in [5, 5.41) is 10.2. The summed E-state index contributed by atoms with van der Waals surface area (Å²) in [5.74, 6) is 0.0700. The molecule has 1 aromatic carbocycles. The number of amides is 1. The number of thiazole rings is 1. The van der Waals surface area contributed by atoms with Crippen LogP contribution in [-0.4, -0.2) is 53.2 Å². The van der Waals surface area contributed by atoms with Crippen LogP contribution in [0.4, 0.5) is 5.13 Å². The number of aromatic nitrogens is 1. The quantitative estimate of drug-likeness (QED) is 0.822. The van der Waals surface area contributed by atoms with Gasteiger partial charge in [-0.2, -0.15) is 0 Å². The van der Waals surface area contributed by atoms with Gasteiger partial charge < -0.3 is 5.11 Å². The van der Waals surface area contributed by atoms with Crippen LogP contribution < -0.4 is 4.90 Å². The van der Waals surface area contributed by atoms with Crippen molar-refractivity contribution >= 4 is 32.6 Å². The summed E-state index contributed by atoms with van der Waals surface area (Å²) >= 11 is 1.56. The number of fused-ring (bicyclic) bond motifs is 1. The van der Waals surface area contributed by atoms with Crippen molar-refractivity contribution in [1.29, 1.82) is 0 Å². The summed E-state index contributed by atoms with van der Waals surface area (Å²) in [7, 11) is 0. The number of aliphatic hydroxyl groups is 1. The third-order valence-electron chi connectivity index (χ3n) is 4.95. The zero-order valence-corrected chi connectivity index (χ0v) is 15.7. The topological polar surface area (TPSA) is 56.7 Å². The van der Waals surface area contributed by atoms with E-state index in [0.29, 0.717) is 25.7 Å². The summed E-state index contributed by atoms with van der Waals surface area (Å²) in [6.07, 6.45) is 5.97. The number of likely N-dealkylation sites (N-methyl/N-ethyl adjacent to an activating group) is 1. The lowest BCUT2D eigenvalue weighted by atomic mass is 9.94. The number of aliphatic hydroxyl groups excluding tert-OH is 1. The van der Waals surface area contributed by atoms with E-state index in [1.165, 1.54) is 19.3 Å². The van der Waals surface area contributed by atoms with Gasteiger partial charge in [0.05, 0.1) is 23.4 Å². The van der Waals surface area contributed by atoms with E-state index in [1.807, 2.05) is 31.2 Å². The highest BCUT2D eigenvalue weighted by Gasteiger charge is 2.26. The average molecular weight is 362 g/mol. The van der Waals surface area contributed by atoms with Gasteiger partial charge in [-0.15, -0.1) is 0 Å².